The molecule has 114 valence electrons. The summed E-state index contributed by atoms with van der Waals surface area (Å²) in [6.07, 6.45) is 0.964. The highest BCUT2D eigenvalue weighted by Gasteiger charge is 2.28. The number of nitrogens with zero attached hydrogens (tertiary/aromatic N) is 3. The van der Waals surface area contributed by atoms with Gasteiger partial charge in [-0.1, -0.05) is 20.8 Å². The fourth-order valence-corrected chi connectivity index (χ4v) is 3.22. The molecule has 6 nitrogen and oxygen atoms in total. The Morgan fingerprint density at radius 1 is 1.52 bits per heavy atom. The third kappa shape index (κ3) is 3.07. The number of aryl methyl sites for hydroxylation is 2. The number of hydrogen-bond donors (Lipinski definition) is 1. The maximum atomic E-state index is 11.4. The van der Waals surface area contributed by atoms with Crippen LogP contribution in [0.1, 0.15) is 42.8 Å². The molecule has 0 saturated carbocycles. The molecule has 2 aromatic rings. The van der Waals surface area contributed by atoms with Crippen LogP contribution in [0.5, 0.6) is 0 Å². The molecule has 2 heterocycles. The molecular formula is C14H20N4O2S. The first-order valence-electron chi connectivity index (χ1n) is 6.96. The van der Waals surface area contributed by atoms with Crippen molar-refractivity contribution in [2.45, 2.75) is 39.7 Å². The van der Waals surface area contributed by atoms with Crippen LogP contribution in [0.4, 0.5) is 11.5 Å². The Labute approximate surface area is 127 Å². The van der Waals surface area contributed by atoms with Gasteiger partial charge in [-0.2, -0.15) is 5.10 Å². The lowest BCUT2D eigenvalue weighted by Gasteiger charge is -2.06. The summed E-state index contributed by atoms with van der Waals surface area (Å²) in [5.74, 6) is 0.485. The first kappa shape index (κ1) is 15.5. The minimum Gasteiger partial charge on any atom is -0.360 e. The molecule has 0 aliphatic heterocycles. The molecule has 0 radical (unpaired) electrons. The molecule has 0 fully saturated rings. The van der Waals surface area contributed by atoms with Gasteiger partial charge in [0.2, 0.25) is 5.82 Å². The molecule has 7 heteroatoms. The van der Waals surface area contributed by atoms with Gasteiger partial charge in [0.25, 0.3) is 0 Å². The Morgan fingerprint density at radius 3 is 2.81 bits per heavy atom. The van der Waals surface area contributed by atoms with E-state index < -0.39 is 0 Å². The predicted octanol–water partition coefficient (Wildman–Crippen LogP) is 3.69. The highest BCUT2D eigenvalue weighted by Crippen LogP contribution is 2.33. The van der Waals surface area contributed by atoms with E-state index in [1.807, 2.05) is 19.2 Å². The largest absolute Gasteiger partial charge is 0.360 e. The van der Waals surface area contributed by atoms with E-state index in [0.717, 1.165) is 6.42 Å². The molecular weight excluding hydrogens is 288 g/mol. The van der Waals surface area contributed by atoms with Crippen LogP contribution < -0.4 is 5.32 Å². The van der Waals surface area contributed by atoms with Gasteiger partial charge in [-0.25, -0.2) is 4.68 Å². The average Bonchev–Trinajstić information content (AvgIpc) is 3.00. The maximum absolute atomic E-state index is 11.4. The van der Waals surface area contributed by atoms with Gasteiger partial charge in [0.15, 0.2) is 0 Å². The van der Waals surface area contributed by atoms with Crippen molar-refractivity contribution < 1.29 is 4.92 Å². The molecule has 0 saturated heterocycles. The Hall–Kier alpha value is -1.89. The molecule has 0 amide bonds. The van der Waals surface area contributed by atoms with Gasteiger partial charge in [0.05, 0.1) is 11.5 Å². The van der Waals surface area contributed by atoms with Gasteiger partial charge in [0, 0.05) is 17.8 Å². The highest BCUT2D eigenvalue weighted by molar-refractivity contribution is 7.10. The summed E-state index contributed by atoms with van der Waals surface area (Å²) < 4.78 is 1.56. The molecule has 2 aromatic heterocycles. The summed E-state index contributed by atoms with van der Waals surface area (Å²) in [7, 11) is 1.73. The van der Waals surface area contributed by atoms with E-state index in [2.05, 4.69) is 23.4 Å². The fourth-order valence-electron chi connectivity index (χ4n) is 2.30. The molecule has 0 aliphatic rings. The van der Waals surface area contributed by atoms with E-state index in [-0.39, 0.29) is 16.5 Å². The third-order valence-electron chi connectivity index (χ3n) is 3.41. The number of anilines is 1. The second-order valence-corrected chi connectivity index (χ2v) is 6.19. The first-order valence-corrected chi connectivity index (χ1v) is 7.84. The zero-order valence-electron chi connectivity index (χ0n) is 12.7. The Kier molecular flexibility index (Phi) is 4.62. The van der Waals surface area contributed by atoms with Crippen molar-refractivity contribution in [3.63, 3.8) is 0 Å². The summed E-state index contributed by atoms with van der Waals surface area (Å²) >= 11 is 1.66. The molecule has 21 heavy (non-hydrogen) atoms. The Bertz CT molecular complexity index is 645. The van der Waals surface area contributed by atoms with E-state index in [0.29, 0.717) is 18.1 Å². The molecule has 0 aliphatic carbocycles. The fraction of sp³-hybridized carbons (Fsp3) is 0.500. The molecule has 1 N–H and O–H groups in total. The van der Waals surface area contributed by atoms with Crippen LogP contribution in [-0.2, 0) is 20.0 Å². The number of rotatable bonds is 6. The van der Waals surface area contributed by atoms with E-state index in [9.17, 15) is 10.1 Å². The van der Waals surface area contributed by atoms with Gasteiger partial charge in [-0.05, 0) is 23.4 Å². The van der Waals surface area contributed by atoms with Crippen molar-refractivity contribution in [1.29, 1.82) is 0 Å². The average molecular weight is 308 g/mol. The molecule has 0 unspecified atom stereocenters. The molecule has 0 atom stereocenters. The molecule has 0 bridgehead atoms. The number of nitro groups is 1. The lowest BCUT2D eigenvalue weighted by molar-refractivity contribution is -0.384. The Morgan fingerprint density at radius 2 is 2.24 bits per heavy atom. The standard InChI is InChI=1S/C14H20N4O2S/c1-5-10-6-7-21-11(10)8-15-14-13(18(19)20)12(9(2)3)16-17(14)4/h6-7,9,15H,5,8H2,1-4H3. The summed E-state index contributed by atoms with van der Waals surface area (Å²) in [6.45, 7) is 6.51. The predicted molar refractivity (Wildman–Crippen MR) is 85.0 cm³/mol. The number of nitrogens with one attached hydrogen (secondary N) is 1. The molecule has 2 rings (SSSR count). The van der Waals surface area contributed by atoms with E-state index in [1.54, 1.807) is 23.1 Å². The van der Waals surface area contributed by atoms with Crippen molar-refractivity contribution in [3.8, 4) is 0 Å². The monoisotopic (exact) mass is 308 g/mol. The Balaban J connectivity index is 2.29. The smallest absolute Gasteiger partial charge is 0.334 e. The van der Waals surface area contributed by atoms with Crippen LogP contribution in [0.15, 0.2) is 11.4 Å². The van der Waals surface area contributed by atoms with Crippen LogP contribution in [0.25, 0.3) is 0 Å². The number of hydrogen-bond acceptors (Lipinski definition) is 5. The van der Waals surface area contributed by atoms with E-state index >= 15 is 0 Å². The summed E-state index contributed by atoms with van der Waals surface area (Å²) in [4.78, 5) is 12.2. The minimum absolute atomic E-state index is 0.0140. The summed E-state index contributed by atoms with van der Waals surface area (Å²) in [6, 6.07) is 2.10. The second-order valence-electron chi connectivity index (χ2n) is 5.19. The topological polar surface area (TPSA) is 73.0 Å². The number of aromatic nitrogens is 2. The lowest BCUT2D eigenvalue weighted by atomic mass is 10.1. The van der Waals surface area contributed by atoms with Crippen LogP contribution in [0, 0.1) is 10.1 Å². The maximum Gasteiger partial charge on any atom is 0.334 e. The van der Waals surface area contributed by atoms with Gasteiger partial charge in [-0.15, -0.1) is 11.3 Å². The quantitative estimate of drug-likeness (QED) is 0.652. The van der Waals surface area contributed by atoms with Crippen molar-refractivity contribution in [2.75, 3.05) is 5.32 Å². The third-order valence-corrected chi connectivity index (χ3v) is 4.38. The van der Waals surface area contributed by atoms with Crippen molar-refractivity contribution >= 4 is 22.8 Å². The second kappa shape index (κ2) is 6.26. The lowest BCUT2D eigenvalue weighted by Crippen LogP contribution is -2.06. The van der Waals surface area contributed by atoms with Crippen molar-refractivity contribution in [1.82, 2.24) is 9.78 Å². The first-order chi connectivity index (χ1) is 9.95. The summed E-state index contributed by atoms with van der Waals surface area (Å²) in [5, 5.41) is 20.9. The van der Waals surface area contributed by atoms with Crippen molar-refractivity contribution in [2.24, 2.45) is 7.05 Å². The van der Waals surface area contributed by atoms with Gasteiger partial charge in [-0.3, -0.25) is 10.1 Å². The van der Waals surface area contributed by atoms with E-state index in [4.69, 9.17) is 0 Å². The summed E-state index contributed by atoms with van der Waals surface area (Å²) in [5.41, 5.74) is 1.88. The van der Waals surface area contributed by atoms with Gasteiger partial charge >= 0.3 is 5.69 Å². The normalized spacial score (nSPS) is 11.1. The zero-order chi connectivity index (χ0) is 15.6. The van der Waals surface area contributed by atoms with Crippen LogP contribution >= 0.6 is 11.3 Å². The van der Waals surface area contributed by atoms with Crippen LogP contribution in [-0.4, -0.2) is 14.7 Å². The minimum atomic E-state index is -0.347. The van der Waals surface area contributed by atoms with Gasteiger partial charge < -0.3 is 5.32 Å². The molecule has 0 aromatic carbocycles. The van der Waals surface area contributed by atoms with E-state index in [1.165, 1.54) is 10.4 Å². The van der Waals surface area contributed by atoms with Crippen LogP contribution in [0.2, 0.25) is 0 Å². The van der Waals surface area contributed by atoms with Crippen LogP contribution in [0.3, 0.4) is 0 Å². The SMILES string of the molecule is CCc1ccsc1CNc1c([N+](=O)[O-])c(C(C)C)nn1C. The molecule has 0 spiro atoms. The number of thiophene rings is 1. The van der Waals surface area contributed by atoms with Crippen molar-refractivity contribution in [3.05, 3.63) is 37.7 Å². The highest BCUT2D eigenvalue weighted by atomic mass is 32.1. The zero-order valence-corrected chi connectivity index (χ0v) is 13.5. The van der Waals surface area contributed by atoms with Gasteiger partial charge in [0.1, 0.15) is 5.69 Å².